The van der Waals surface area contributed by atoms with E-state index in [1.54, 1.807) is 0 Å². The lowest BCUT2D eigenvalue weighted by atomic mass is 10.2. The maximum atomic E-state index is 11.4. The lowest BCUT2D eigenvalue weighted by molar-refractivity contribution is -0.117. The van der Waals surface area contributed by atoms with Crippen LogP contribution in [0, 0.1) is 0 Å². The molecule has 5 N–H and O–H groups in total. The molecular weight excluding hydrogens is 212 g/mol. The van der Waals surface area contributed by atoms with Crippen molar-refractivity contribution in [3.05, 3.63) is 23.8 Å². The zero-order chi connectivity index (χ0) is 12.1. The Labute approximate surface area is 91.7 Å². The summed E-state index contributed by atoms with van der Waals surface area (Å²) in [5.41, 5.74) is 5.01. The monoisotopic (exact) mass is 224 g/mol. The van der Waals surface area contributed by atoms with Crippen LogP contribution in [0.25, 0.3) is 0 Å². The number of hydrogen-bond acceptors (Lipinski definition) is 4. The normalized spacial score (nSPS) is 9.75. The number of primary amides is 1. The number of nitrogens with two attached hydrogens (primary N) is 1. The second-order valence-corrected chi connectivity index (χ2v) is 3.21. The second-order valence-electron chi connectivity index (χ2n) is 3.21. The summed E-state index contributed by atoms with van der Waals surface area (Å²) in [4.78, 5) is 21.9. The van der Waals surface area contributed by atoms with Gasteiger partial charge in [-0.25, -0.2) is 0 Å². The third-order valence-electron chi connectivity index (χ3n) is 1.82. The Morgan fingerprint density at radius 2 is 1.75 bits per heavy atom. The molecule has 1 rings (SSSR count). The van der Waals surface area contributed by atoms with Crippen molar-refractivity contribution in [1.82, 2.24) is 5.32 Å². The standard InChI is InChI=1S/C10H12N2O4/c11-9(15)1-2-12-10(16)6-3-7(13)5-8(14)4-6/h3-5,13-14H,1-2H2,(H2,11,15)(H,12,16). The summed E-state index contributed by atoms with van der Waals surface area (Å²) < 4.78 is 0. The minimum atomic E-state index is -0.515. The van der Waals surface area contributed by atoms with Crippen molar-refractivity contribution < 1.29 is 19.8 Å². The smallest absolute Gasteiger partial charge is 0.251 e. The van der Waals surface area contributed by atoms with E-state index in [0.717, 1.165) is 6.07 Å². The summed E-state index contributed by atoms with van der Waals surface area (Å²) in [6.45, 7) is 0.116. The highest BCUT2D eigenvalue weighted by Gasteiger charge is 2.08. The largest absolute Gasteiger partial charge is 0.508 e. The van der Waals surface area contributed by atoms with Crippen molar-refractivity contribution in [2.24, 2.45) is 5.73 Å². The van der Waals surface area contributed by atoms with Crippen LogP contribution in [0.4, 0.5) is 0 Å². The molecule has 0 radical (unpaired) electrons. The molecule has 0 aliphatic rings. The van der Waals surface area contributed by atoms with Gasteiger partial charge < -0.3 is 21.3 Å². The fourth-order valence-electron chi connectivity index (χ4n) is 1.13. The molecule has 0 aliphatic carbocycles. The fraction of sp³-hybridized carbons (Fsp3) is 0.200. The van der Waals surface area contributed by atoms with Crippen LogP contribution in [0.2, 0.25) is 0 Å². The van der Waals surface area contributed by atoms with Crippen LogP contribution >= 0.6 is 0 Å². The maximum Gasteiger partial charge on any atom is 0.251 e. The SMILES string of the molecule is NC(=O)CCNC(=O)c1cc(O)cc(O)c1. The van der Waals surface area contributed by atoms with Gasteiger partial charge in [-0.3, -0.25) is 9.59 Å². The Morgan fingerprint density at radius 3 is 2.25 bits per heavy atom. The third kappa shape index (κ3) is 3.49. The Hall–Kier alpha value is -2.24. The van der Waals surface area contributed by atoms with Gasteiger partial charge in [0.25, 0.3) is 5.91 Å². The molecule has 0 bridgehead atoms. The number of amides is 2. The molecule has 1 aromatic carbocycles. The summed E-state index contributed by atoms with van der Waals surface area (Å²) in [6.07, 6.45) is 0.0382. The van der Waals surface area contributed by atoms with Crippen LogP contribution in [-0.4, -0.2) is 28.6 Å². The summed E-state index contributed by atoms with van der Waals surface area (Å²) in [5.74, 6) is -1.42. The molecule has 6 heteroatoms. The predicted molar refractivity (Wildman–Crippen MR) is 55.9 cm³/mol. The average Bonchev–Trinajstić information content (AvgIpc) is 2.15. The minimum Gasteiger partial charge on any atom is -0.508 e. The lowest BCUT2D eigenvalue weighted by Crippen LogP contribution is -2.27. The topological polar surface area (TPSA) is 113 Å². The first-order valence-electron chi connectivity index (χ1n) is 4.58. The van der Waals surface area contributed by atoms with E-state index in [1.165, 1.54) is 12.1 Å². The van der Waals surface area contributed by atoms with E-state index >= 15 is 0 Å². The van der Waals surface area contributed by atoms with E-state index in [4.69, 9.17) is 15.9 Å². The summed E-state index contributed by atoms with van der Waals surface area (Å²) in [7, 11) is 0. The van der Waals surface area contributed by atoms with E-state index in [-0.39, 0.29) is 30.0 Å². The van der Waals surface area contributed by atoms with Gasteiger partial charge in [0.2, 0.25) is 5.91 Å². The molecule has 2 amide bonds. The van der Waals surface area contributed by atoms with Gasteiger partial charge >= 0.3 is 0 Å². The van der Waals surface area contributed by atoms with Crippen LogP contribution in [0.3, 0.4) is 0 Å². The average molecular weight is 224 g/mol. The number of phenols is 2. The van der Waals surface area contributed by atoms with E-state index in [1.807, 2.05) is 0 Å². The van der Waals surface area contributed by atoms with Crippen molar-refractivity contribution in [2.45, 2.75) is 6.42 Å². The first-order valence-corrected chi connectivity index (χ1v) is 4.58. The van der Waals surface area contributed by atoms with Gasteiger partial charge in [0.1, 0.15) is 11.5 Å². The Morgan fingerprint density at radius 1 is 1.19 bits per heavy atom. The highest BCUT2D eigenvalue weighted by atomic mass is 16.3. The molecule has 0 heterocycles. The van der Waals surface area contributed by atoms with Crippen molar-refractivity contribution >= 4 is 11.8 Å². The first-order chi connectivity index (χ1) is 7.49. The number of benzene rings is 1. The molecule has 0 saturated carbocycles. The highest BCUT2D eigenvalue weighted by molar-refractivity contribution is 5.95. The van der Waals surface area contributed by atoms with E-state index in [9.17, 15) is 9.59 Å². The minimum absolute atomic E-state index is 0.0382. The quantitative estimate of drug-likeness (QED) is 0.562. The molecule has 1 aromatic rings. The van der Waals surface area contributed by atoms with Crippen molar-refractivity contribution in [2.75, 3.05) is 6.54 Å². The van der Waals surface area contributed by atoms with Crippen LogP contribution in [0.1, 0.15) is 16.8 Å². The van der Waals surface area contributed by atoms with E-state index in [2.05, 4.69) is 5.32 Å². The third-order valence-corrected chi connectivity index (χ3v) is 1.82. The van der Waals surface area contributed by atoms with Gasteiger partial charge in [-0.1, -0.05) is 0 Å². The number of hydrogen-bond donors (Lipinski definition) is 4. The van der Waals surface area contributed by atoms with E-state index in [0.29, 0.717) is 0 Å². The van der Waals surface area contributed by atoms with Gasteiger partial charge in [0.15, 0.2) is 0 Å². The van der Waals surface area contributed by atoms with Crippen molar-refractivity contribution in [3.63, 3.8) is 0 Å². The summed E-state index contributed by atoms with van der Waals surface area (Å²) in [6, 6.07) is 3.53. The predicted octanol–water partition coefficient (Wildman–Crippen LogP) is -0.297. The number of phenolic OH excluding ortho intramolecular Hbond substituents is 2. The zero-order valence-corrected chi connectivity index (χ0v) is 8.43. The van der Waals surface area contributed by atoms with Crippen molar-refractivity contribution in [1.29, 1.82) is 0 Å². The number of nitrogens with one attached hydrogen (secondary N) is 1. The molecule has 0 atom stereocenters. The molecule has 0 saturated heterocycles. The van der Waals surface area contributed by atoms with E-state index < -0.39 is 11.8 Å². The van der Waals surface area contributed by atoms with Crippen LogP contribution in [0.15, 0.2) is 18.2 Å². The van der Waals surface area contributed by atoms with Crippen LogP contribution < -0.4 is 11.1 Å². The molecular formula is C10H12N2O4. The second kappa shape index (κ2) is 5.01. The first kappa shape index (κ1) is 11.8. The van der Waals surface area contributed by atoms with Gasteiger partial charge in [-0.05, 0) is 12.1 Å². The molecule has 6 nitrogen and oxygen atoms in total. The van der Waals surface area contributed by atoms with Gasteiger partial charge in [-0.15, -0.1) is 0 Å². The molecule has 0 spiro atoms. The molecule has 0 aromatic heterocycles. The molecule has 86 valence electrons. The molecule has 16 heavy (non-hydrogen) atoms. The molecule has 0 fully saturated rings. The lowest BCUT2D eigenvalue weighted by Gasteiger charge is -2.04. The molecule has 0 aliphatic heterocycles. The maximum absolute atomic E-state index is 11.4. The number of carbonyl (C=O) groups is 2. The number of rotatable bonds is 4. The van der Waals surface area contributed by atoms with Gasteiger partial charge in [0, 0.05) is 24.6 Å². The van der Waals surface area contributed by atoms with Gasteiger partial charge in [0.05, 0.1) is 0 Å². The number of aromatic hydroxyl groups is 2. The Kier molecular flexibility index (Phi) is 3.71. The van der Waals surface area contributed by atoms with Gasteiger partial charge in [-0.2, -0.15) is 0 Å². The van der Waals surface area contributed by atoms with Crippen LogP contribution in [-0.2, 0) is 4.79 Å². The zero-order valence-electron chi connectivity index (χ0n) is 8.43. The fourth-order valence-corrected chi connectivity index (χ4v) is 1.13. The molecule has 0 unspecified atom stereocenters. The highest BCUT2D eigenvalue weighted by Crippen LogP contribution is 2.20. The summed E-state index contributed by atoms with van der Waals surface area (Å²) in [5, 5.41) is 20.7. The summed E-state index contributed by atoms with van der Waals surface area (Å²) >= 11 is 0. The van der Waals surface area contributed by atoms with Crippen molar-refractivity contribution in [3.8, 4) is 11.5 Å². The Balaban J connectivity index is 2.62. The van der Waals surface area contributed by atoms with Crippen LogP contribution in [0.5, 0.6) is 11.5 Å². The number of carbonyl (C=O) groups excluding carboxylic acids is 2. The Bertz CT molecular complexity index is 397.